The molecule has 8 heteroatoms. The van der Waals surface area contributed by atoms with Gasteiger partial charge in [-0.25, -0.2) is 9.59 Å². The maximum atomic E-state index is 13.1. The molecule has 4 aromatic rings. The Morgan fingerprint density at radius 3 is 1.48 bits per heavy atom. The van der Waals surface area contributed by atoms with Crippen LogP contribution in [0.5, 0.6) is 0 Å². The number of hydrogen-bond acceptors (Lipinski definition) is 7. The third-order valence-electron chi connectivity index (χ3n) is 8.83. The molecule has 1 unspecified atom stereocenters. The molecular formula is C36H34N2O6. The first-order chi connectivity index (χ1) is 21.3. The van der Waals surface area contributed by atoms with Crippen LogP contribution >= 0.6 is 0 Å². The lowest BCUT2D eigenvalue weighted by Crippen LogP contribution is -2.56. The first-order valence-electron chi connectivity index (χ1n) is 14.8. The molecule has 4 aromatic carbocycles. The van der Waals surface area contributed by atoms with Gasteiger partial charge in [0.2, 0.25) is 5.54 Å². The van der Waals surface area contributed by atoms with Gasteiger partial charge in [-0.1, -0.05) is 97.1 Å². The molecule has 2 aliphatic rings. The standard InChI is InChI=1S/C36H34N2O6/c37-32(33(39)43-20-30-26-14-5-1-10-22(26)23-11-2-6-15-27(23)30)18-9-19-36(38,34(40)41)35(42)44-21-31-28-16-7-3-12-24(28)25-13-4-8-17-29(25)31/h1-8,10-17,30-32H,9,18-21,37-38H2,(H,40,41)/t32?,36-/m0/s1. The van der Waals surface area contributed by atoms with Gasteiger partial charge in [-0.05, 0) is 63.8 Å². The van der Waals surface area contributed by atoms with Crippen LogP contribution in [-0.4, -0.2) is 47.8 Å². The predicted molar refractivity (Wildman–Crippen MR) is 166 cm³/mol. The Morgan fingerprint density at radius 1 is 0.682 bits per heavy atom. The van der Waals surface area contributed by atoms with E-state index in [4.69, 9.17) is 20.9 Å². The average molecular weight is 591 g/mol. The summed E-state index contributed by atoms with van der Waals surface area (Å²) in [4.78, 5) is 38.1. The van der Waals surface area contributed by atoms with Gasteiger partial charge in [-0.15, -0.1) is 0 Å². The van der Waals surface area contributed by atoms with Crippen molar-refractivity contribution in [2.45, 2.75) is 42.7 Å². The fourth-order valence-electron chi connectivity index (χ4n) is 6.45. The van der Waals surface area contributed by atoms with Gasteiger partial charge in [-0.2, -0.15) is 0 Å². The van der Waals surface area contributed by atoms with Crippen molar-refractivity contribution >= 4 is 17.9 Å². The van der Waals surface area contributed by atoms with E-state index in [2.05, 4.69) is 12.1 Å². The lowest BCUT2D eigenvalue weighted by molar-refractivity contribution is -0.161. The average Bonchev–Trinajstić information content (AvgIpc) is 3.54. The summed E-state index contributed by atoms with van der Waals surface area (Å²) in [6, 6.07) is 30.8. The molecule has 6 rings (SSSR count). The van der Waals surface area contributed by atoms with E-state index in [9.17, 15) is 19.5 Å². The highest BCUT2D eigenvalue weighted by atomic mass is 16.5. The van der Waals surface area contributed by atoms with Crippen LogP contribution in [0.25, 0.3) is 22.3 Å². The molecule has 0 radical (unpaired) electrons. The highest BCUT2D eigenvalue weighted by Crippen LogP contribution is 2.45. The number of esters is 2. The quantitative estimate of drug-likeness (QED) is 0.164. The number of carbonyl (C=O) groups excluding carboxylic acids is 2. The summed E-state index contributed by atoms with van der Waals surface area (Å²) in [6.45, 7) is 0.0919. The summed E-state index contributed by atoms with van der Waals surface area (Å²) in [5.41, 5.74) is 18.5. The smallest absolute Gasteiger partial charge is 0.337 e. The highest BCUT2D eigenvalue weighted by Gasteiger charge is 2.44. The number of aliphatic carboxylic acids is 1. The van der Waals surface area contributed by atoms with Crippen LogP contribution < -0.4 is 11.5 Å². The second-order valence-electron chi connectivity index (χ2n) is 11.5. The Bertz CT molecular complexity index is 1640. The number of nitrogens with two attached hydrogens (primary N) is 2. The van der Waals surface area contributed by atoms with E-state index in [1.807, 2.05) is 84.9 Å². The predicted octanol–water partition coefficient (Wildman–Crippen LogP) is 4.98. The minimum absolute atomic E-state index is 0.0433. The van der Waals surface area contributed by atoms with E-state index in [0.29, 0.717) is 0 Å². The van der Waals surface area contributed by atoms with Crippen molar-refractivity contribution in [1.82, 2.24) is 0 Å². The van der Waals surface area contributed by atoms with Crippen molar-refractivity contribution in [2.24, 2.45) is 11.5 Å². The fourth-order valence-corrected chi connectivity index (χ4v) is 6.45. The Morgan fingerprint density at radius 2 is 1.07 bits per heavy atom. The van der Waals surface area contributed by atoms with Crippen LogP contribution in [0.4, 0.5) is 0 Å². The maximum Gasteiger partial charge on any atom is 0.337 e. The van der Waals surface area contributed by atoms with Crippen LogP contribution in [-0.2, 0) is 23.9 Å². The first-order valence-corrected chi connectivity index (χ1v) is 14.8. The zero-order valence-electron chi connectivity index (χ0n) is 24.1. The molecule has 0 saturated heterocycles. The number of ether oxygens (including phenoxy) is 2. The largest absolute Gasteiger partial charge is 0.479 e. The van der Waals surface area contributed by atoms with Crippen LogP contribution in [0.1, 0.15) is 53.4 Å². The minimum Gasteiger partial charge on any atom is -0.479 e. The van der Waals surface area contributed by atoms with Crippen LogP contribution in [0.2, 0.25) is 0 Å². The molecule has 0 aromatic heterocycles. The van der Waals surface area contributed by atoms with E-state index in [-0.39, 0.29) is 44.3 Å². The van der Waals surface area contributed by atoms with Gasteiger partial charge in [0, 0.05) is 11.8 Å². The van der Waals surface area contributed by atoms with Crippen LogP contribution in [0.3, 0.4) is 0 Å². The van der Waals surface area contributed by atoms with Gasteiger partial charge >= 0.3 is 17.9 Å². The van der Waals surface area contributed by atoms with Crippen LogP contribution in [0.15, 0.2) is 97.1 Å². The van der Waals surface area contributed by atoms with E-state index < -0.39 is 29.5 Å². The molecule has 2 atom stereocenters. The van der Waals surface area contributed by atoms with Crippen molar-refractivity contribution in [2.75, 3.05) is 13.2 Å². The number of fused-ring (bicyclic) bond motifs is 6. The number of carbonyl (C=O) groups is 3. The Kier molecular flexibility index (Phi) is 8.03. The highest BCUT2D eigenvalue weighted by molar-refractivity contribution is 6.03. The summed E-state index contributed by atoms with van der Waals surface area (Å²) in [7, 11) is 0. The molecule has 0 saturated carbocycles. The van der Waals surface area contributed by atoms with Gasteiger partial charge in [-0.3, -0.25) is 4.79 Å². The molecule has 2 aliphatic carbocycles. The fraction of sp³-hybridized carbons (Fsp3) is 0.250. The van der Waals surface area contributed by atoms with E-state index in [1.54, 1.807) is 0 Å². The van der Waals surface area contributed by atoms with Crippen LogP contribution in [0, 0.1) is 0 Å². The van der Waals surface area contributed by atoms with Gasteiger partial charge < -0.3 is 26.0 Å². The van der Waals surface area contributed by atoms with E-state index in [0.717, 1.165) is 44.5 Å². The number of hydrogen-bond donors (Lipinski definition) is 3. The third kappa shape index (κ3) is 5.27. The molecule has 0 aliphatic heterocycles. The third-order valence-corrected chi connectivity index (χ3v) is 8.83. The lowest BCUT2D eigenvalue weighted by Gasteiger charge is -2.24. The second-order valence-corrected chi connectivity index (χ2v) is 11.5. The topological polar surface area (TPSA) is 142 Å². The molecule has 224 valence electrons. The lowest BCUT2D eigenvalue weighted by atomic mass is 9.92. The minimum atomic E-state index is -2.28. The summed E-state index contributed by atoms with van der Waals surface area (Å²) in [6.07, 6.45) is -0.0404. The maximum absolute atomic E-state index is 13.1. The summed E-state index contributed by atoms with van der Waals surface area (Å²) < 4.78 is 11.2. The Hall–Kier alpha value is -4.79. The molecule has 8 nitrogen and oxygen atoms in total. The van der Waals surface area contributed by atoms with Gasteiger partial charge in [0.05, 0.1) is 0 Å². The van der Waals surface area contributed by atoms with Crippen molar-refractivity contribution in [3.63, 3.8) is 0 Å². The number of carboxylic acid groups (broad SMARTS) is 1. The van der Waals surface area contributed by atoms with Crippen molar-refractivity contribution < 1.29 is 29.0 Å². The SMILES string of the molecule is NC(CCC[C@](N)(C(=O)O)C(=O)OCC1c2ccccc2-c2ccccc21)C(=O)OCC1c2ccccc2-c2ccccc21. The molecule has 5 N–H and O–H groups in total. The van der Waals surface area contributed by atoms with Crippen molar-refractivity contribution in [3.05, 3.63) is 119 Å². The molecule has 0 spiro atoms. The molecule has 0 amide bonds. The Labute approximate surface area is 255 Å². The molecular weight excluding hydrogens is 556 g/mol. The second kappa shape index (κ2) is 12.1. The summed E-state index contributed by atoms with van der Waals surface area (Å²) in [5.74, 6) is -3.45. The summed E-state index contributed by atoms with van der Waals surface area (Å²) >= 11 is 0. The van der Waals surface area contributed by atoms with Crippen molar-refractivity contribution in [3.8, 4) is 22.3 Å². The number of rotatable bonds is 11. The van der Waals surface area contributed by atoms with Gasteiger partial charge in [0.15, 0.2) is 0 Å². The van der Waals surface area contributed by atoms with E-state index >= 15 is 0 Å². The zero-order valence-corrected chi connectivity index (χ0v) is 24.1. The summed E-state index contributed by atoms with van der Waals surface area (Å²) in [5, 5.41) is 9.90. The number of carboxylic acids is 1. The first kappa shape index (κ1) is 29.3. The van der Waals surface area contributed by atoms with Crippen molar-refractivity contribution in [1.29, 1.82) is 0 Å². The molecule has 44 heavy (non-hydrogen) atoms. The van der Waals surface area contributed by atoms with E-state index in [1.165, 1.54) is 0 Å². The normalized spacial score (nSPS) is 15.3. The molecule has 0 fully saturated rings. The van der Waals surface area contributed by atoms with Gasteiger partial charge in [0.1, 0.15) is 19.3 Å². The monoisotopic (exact) mass is 590 g/mol. The number of benzene rings is 4. The molecule has 0 bridgehead atoms. The molecule has 0 heterocycles. The zero-order chi connectivity index (χ0) is 30.8. The van der Waals surface area contributed by atoms with Gasteiger partial charge in [0.25, 0.3) is 0 Å². The Balaban J connectivity index is 1.04.